The lowest BCUT2D eigenvalue weighted by Crippen LogP contribution is -2.36. The number of hydrogen-bond donors (Lipinski definition) is 0. The summed E-state index contributed by atoms with van der Waals surface area (Å²) in [7, 11) is -2.60. The van der Waals surface area contributed by atoms with E-state index in [1.54, 1.807) is 4.90 Å². The summed E-state index contributed by atoms with van der Waals surface area (Å²) >= 11 is 1.04. The molecular weight excluding hydrogens is 443 g/mol. The Morgan fingerprint density at radius 2 is 1.74 bits per heavy atom. The van der Waals surface area contributed by atoms with Gasteiger partial charge in [0.15, 0.2) is 0 Å². The smallest absolute Gasteiger partial charge is 0.340 e. The van der Waals surface area contributed by atoms with Crippen LogP contribution in [0.1, 0.15) is 50.4 Å². The number of piperidine rings is 1. The summed E-state index contributed by atoms with van der Waals surface area (Å²) in [6.07, 6.45) is 2.91. The van der Waals surface area contributed by atoms with Crippen molar-refractivity contribution < 1.29 is 27.1 Å². The third kappa shape index (κ3) is 4.11. The van der Waals surface area contributed by atoms with Crippen LogP contribution in [0.2, 0.25) is 0 Å². The number of hydrogen-bond acceptors (Lipinski definition) is 6. The number of carbonyl (C=O) groups excluding carboxylic acids is 2. The van der Waals surface area contributed by atoms with Gasteiger partial charge < -0.3 is 9.64 Å². The number of methoxy groups -OCH3 is 1. The number of halogens is 1. The zero-order valence-corrected chi connectivity index (χ0v) is 18.7. The van der Waals surface area contributed by atoms with Crippen molar-refractivity contribution >= 4 is 33.2 Å². The molecule has 0 unspecified atom stereocenters. The van der Waals surface area contributed by atoms with Crippen LogP contribution in [0.4, 0.5) is 4.39 Å². The number of sulfonamides is 1. The van der Waals surface area contributed by atoms with Crippen molar-refractivity contribution in [3.05, 3.63) is 51.7 Å². The standard InChI is InChI=1S/C21H23FN2O5S2/c1-29-20(26)18-16-9-12-23(19(25)14-5-7-15(22)8-6-14)13-17(16)30-21(18)31(27,28)24-10-3-2-4-11-24/h5-8H,2-4,9-13H2,1H3. The lowest BCUT2D eigenvalue weighted by Gasteiger charge is -2.27. The van der Waals surface area contributed by atoms with Crippen molar-refractivity contribution in [1.82, 2.24) is 9.21 Å². The fourth-order valence-corrected chi connectivity index (χ4v) is 7.60. The first kappa shape index (κ1) is 21.9. The van der Waals surface area contributed by atoms with Crippen LogP contribution in [-0.4, -0.2) is 56.2 Å². The quantitative estimate of drug-likeness (QED) is 0.647. The predicted octanol–water partition coefficient (Wildman–Crippen LogP) is 3.05. The zero-order valence-electron chi connectivity index (χ0n) is 17.1. The molecule has 0 aliphatic carbocycles. The highest BCUT2D eigenvalue weighted by molar-refractivity contribution is 7.91. The second kappa shape index (κ2) is 8.68. The molecule has 10 heteroatoms. The van der Waals surface area contributed by atoms with Gasteiger partial charge >= 0.3 is 5.97 Å². The van der Waals surface area contributed by atoms with Gasteiger partial charge in [0.05, 0.1) is 19.2 Å². The summed E-state index contributed by atoms with van der Waals surface area (Å²) in [5, 5.41) is 0. The van der Waals surface area contributed by atoms with E-state index >= 15 is 0 Å². The molecule has 1 fully saturated rings. The van der Waals surface area contributed by atoms with Crippen LogP contribution in [0.3, 0.4) is 0 Å². The molecule has 1 aromatic heterocycles. The molecule has 0 radical (unpaired) electrons. The fourth-order valence-electron chi connectivity index (χ4n) is 4.04. The molecule has 0 N–H and O–H groups in total. The van der Waals surface area contributed by atoms with Gasteiger partial charge in [-0.3, -0.25) is 4.79 Å². The minimum atomic E-state index is -3.83. The van der Waals surface area contributed by atoms with Gasteiger partial charge in [-0.15, -0.1) is 11.3 Å². The molecule has 166 valence electrons. The molecule has 2 aliphatic heterocycles. The van der Waals surface area contributed by atoms with E-state index in [0.29, 0.717) is 42.1 Å². The third-order valence-corrected chi connectivity index (χ3v) is 9.29. The second-order valence-corrected chi connectivity index (χ2v) is 10.8. The highest BCUT2D eigenvalue weighted by Gasteiger charge is 2.38. The second-order valence-electron chi connectivity index (χ2n) is 7.61. The molecule has 0 bridgehead atoms. The predicted molar refractivity (Wildman–Crippen MR) is 113 cm³/mol. The maximum Gasteiger partial charge on any atom is 0.340 e. The Kier molecular flexibility index (Phi) is 6.14. The normalized spacial score (nSPS) is 17.3. The first-order valence-electron chi connectivity index (χ1n) is 10.1. The van der Waals surface area contributed by atoms with Crippen LogP contribution in [0, 0.1) is 5.82 Å². The topological polar surface area (TPSA) is 84.0 Å². The highest BCUT2D eigenvalue weighted by atomic mass is 32.2. The van der Waals surface area contributed by atoms with Crippen molar-refractivity contribution in [2.24, 2.45) is 0 Å². The summed E-state index contributed by atoms with van der Waals surface area (Å²) < 4.78 is 46.2. The van der Waals surface area contributed by atoms with E-state index in [1.807, 2.05) is 0 Å². The zero-order chi connectivity index (χ0) is 22.2. The number of carbonyl (C=O) groups is 2. The van der Waals surface area contributed by atoms with Crippen molar-refractivity contribution in [2.45, 2.75) is 36.4 Å². The molecule has 0 spiro atoms. The van der Waals surface area contributed by atoms with Gasteiger partial charge in [0.2, 0.25) is 0 Å². The van der Waals surface area contributed by atoms with E-state index in [1.165, 1.54) is 35.7 Å². The molecule has 0 atom stereocenters. The number of fused-ring (bicyclic) bond motifs is 1. The maximum atomic E-state index is 13.3. The van der Waals surface area contributed by atoms with Crippen LogP contribution >= 0.6 is 11.3 Å². The van der Waals surface area contributed by atoms with E-state index in [2.05, 4.69) is 0 Å². The summed E-state index contributed by atoms with van der Waals surface area (Å²) in [4.78, 5) is 27.6. The van der Waals surface area contributed by atoms with Crippen molar-refractivity contribution in [2.75, 3.05) is 26.7 Å². The summed E-state index contributed by atoms with van der Waals surface area (Å²) in [5.41, 5.74) is 1.09. The van der Waals surface area contributed by atoms with Crippen molar-refractivity contribution in [1.29, 1.82) is 0 Å². The molecule has 2 aliphatic rings. The number of benzene rings is 1. The number of rotatable bonds is 4. The first-order chi connectivity index (χ1) is 14.8. The van der Waals surface area contributed by atoms with E-state index in [9.17, 15) is 22.4 Å². The van der Waals surface area contributed by atoms with E-state index in [-0.39, 0.29) is 22.2 Å². The average molecular weight is 467 g/mol. The van der Waals surface area contributed by atoms with Crippen LogP contribution in [0.5, 0.6) is 0 Å². The molecule has 4 rings (SSSR count). The largest absolute Gasteiger partial charge is 0.465 e. The lowest BCUT2D eigenvalue weighted by atomic mass is 10.0. The molecule has 0 saturated carbocycles. The van der Waals surface area contributed by atoms with Crippen molar-refractivity contribution in [3.63, 3.8) is 0 Å². The number of nitrogens with zero attached hydrogens (tertiary/aromatic N) is 2. The van der Waals surface area contributed by atoms with Crippen LogP contribution in [0.15, 0.2) is 28.5 Å². The van der Waals surface area contributed by atoms with Gasteiger partial charge in [-0.2, -0.15) is 4.31 Å². The van der Waals surface area contributed by atoms with Crippen LogP contribution in [0.25, 0.3) is 0 Å². The minimum Gasteiger partial charge on any atom is -0.465 e. The molecule has 1 aromatic carbocycles. The van der Waals surface area contributed by atoms with Gasteiger partial charge in [0, 0.05) is 30.1 Å². The summed E-state index contributed by atoms with van der Waals surface area (Å²) in [6, 6.07) is 5.31. The number of esters is 1. The van der Waals surface area contributed by atoms with Gasteiger partial charge in [-0.25, -0.2) is 17.6 Å². The molecule has 7 nitrogen and oxygen atoms in total. The van der Waals surface area contributed by atoms with Gasteiger partial charge in [-0.1, -0.05) is 6.42 Å². The molecule has 3 heterocycles. The Balaban J connectivity index is 1.68. The van der Waals surface area contributed by atoms with Crippen LogP contribution < -0.4 is 0 Å². The van der Waals surface area contributed by atoms with Crippen molar-refractivity contribution in [3.8, 4) is 0 Å². The van der Waals surface area contributed by atoms with E-state index in [4.69, 9.17) is 4.74 Å². The lowest BCUT2D eigenvalue weighted by molar-refractivity contribution is 0.0595. The first-order valence-corrected chi connectivity index (χ1v) is 12.4. The SMILES string of the molecule is COC(=O)c1c(S(=O)(=O)N2CCCCC2)sc2c1CCN(C(=O)c1ccc(F)cc1)C2. The van der Waals surface area contributed by atoms with Gasteiger partial charge in [0.25, 0.3) is 15.9 Å². The fraction of sp³-hybridized carbons (Fsp3) is 0.429. The molecule has 1 amide bonds. The van der Waals surface area contributed by atoms with Gasteiger partial charge in [-0.05, 0) is 49.1 Å². The Morgan fingerprint density at radius 1 is 1.06 bits per heavy atom. The van der Waals surface area contributed by atoms with E-state index < -0.39 is 21.8 Å². The molecule has 31 heavy (non-hydrogen) atoms. The molecule has 1 saturated heterocycles. The van der Waals surface area contributed by atoms with E-state index in [0.717, 1.165) is 30.6 Å². The number of amides is 1. The Labute approximate surface area is 184 Å². The average Bonchev–Trinajstić information content (AvgIpc) is 3.19. The Hall–Kier alpha value is -2.30. The summed E-state index contributed by atoms with van der Waals surface area (Å²) in [5.74, 6) is -1.36. The minimum absolute atomic E-state index is 0.00216. The van der Waals surface area contributed by atoms with Gasteiger partial charge in [0.1, 0.15) is 10.0 Å². The highest BCUT2D eigenvalue weighted by Crippen LogP contribution is 2.38. The summed E-state index contributed by atoms with van der Waals surface area (Å²) in [6.45, 7) is 1.38. The Morgan fingerprint density at radius 3 is 2.39 bits per heavy atom. The third-order valence-electron chi connectivity index (χ3n) is 5.68. The maximum absolute atomic E-state index is 13.3. The van der Waals surface area contributed by atoms with Crippen LogP contribution in [-0.2, 0) is 27.7 Å². The molecular formula is C21H23FN2O5S2. The molecule has 2 aromatic rings. The number of thiophene rings is 1. The monoisotopic (exact) mass is 466 g/mol. The Bertz CT molecular complexity index is 1110. The number of ether oxygens (including phenoxy) is 1.